The van der Waals surface area contributed by atoms with E-state index in [4.69, 9.17) is 11.6 Å². The van der Waals surface area contributed by atoms with Crippen molar-refractivity contribution in [2.24, 2.45) is 0 Å². The van der Waals surface area contributed by atoms with E-state index in [-0.39, 0.29) is 12.0 Å². The molecule has 2 N–H and O–H groups in total. The van der Waals surface area contributed by atoms with Crippen LogP contribution in [-0.2, 0) is 6.18 Å². The minimum Gasteiger partial charge on any atom is -0.349 e. The second-order valence-corrected chi connectivity index (χ2v) is 6.48. The molecule has 138 valence electrons. The molecule has 0 aliphatic heterocycles. The maximum Gasteiger partial charge on any atom is 0.434 e. The molecule has 9 heteroatoms. The zero-order valence-corrected chi connectivity index (χ0v) is 14.4. The molecule has 0 atom stereocenters. The van der Waals surface area contributed by atoms with E-state index in [1.165, 1.54) is 6.07 Å². The SMILES string of the molecule is O=C(NC1CCCC1)c1cnc(Nc2cccc(Cl)c2)nc1C(F)(F)F. The van der Waals surface area contributed by atoms with Crippen LogP contribution >= 0.6 is 11.6 Å². The maximum absolute atomic E-state index is 13.4. The Morgan fingerprint density at radius 1 is 1.23 bits per heavy atom. The van der Waals surface area contributed by atoms with Crippen molar-refractivity contribution in [3.8, 4) is 0 Å². The molecule has 1 aliphatic carbocycles. The molecule has 3 rings (SSSR count). The fourth-order valence-corrected chi connectivity index (χ4v) is 3.04. The van der Waals surface area contributed by atoms with E-state index in [2.05, 4.69) is 20.6 Å². The second kappa shape index (κ2) is 7.49. The van der Waals surface area contributed by atoms with Gasteiger partial charge in [-0.15, -0.1) is 0 Å². The predicted molar refractivity (Wildman–Crippen MR) is 91.5 cm³/mol. The highest BCUT2D eigenvalue weighted by atomic mass is 35.5. The summed E-state index contributed by atoms with van der Waals surface area (Å²) < 4.78 is 40.2. The summed E-state index contributed by atoms with van der Waals surface area (Å²) in [4.78, 5) is 19.6. The van der Waals surface area contributed by atoms with E-state index in [9.17, 15) is 18.0 Å². The number of rotatable bonds is 4. The first kappa shape index (κ1) is 18.4. The van der Waals surface area contributed by atoms with Gasteiger partial charge in [0.25, 0.3) is 5.91 Å². The Bertz CT molecular complexity index is 807. The Morgan fingerprint density at radius 2 is 1.96 bits per heavy atom. The van der Waals surface area contributed by atoms with Crippen LogP contribution in [0, 0.1) is 0 Å². The molecule has 0 bridgehead atoms. The van der Waals surface area contributed by atoms with E-state index in [1.54, 1.807) is 18.2 Å². The highest BCUT2D eigenvalue weighted by molar-refractivity contribution is 6.30. The van der Waals surface area contributed by atoms with Gasteiger partial charge in [-0.25, -0.2) is 9.97 Å². The van der Waals surface area contributed by atoms with E-state index >= 15 is 0 Å². The van der Waals surface area contributed by atoms with Gasteiger partial charge in [0.15, 0.2) is 5.69 Å². The smallest absolute Gasteiger partial charge is 0.349 e. The molecule has 1 aliphatic rings. The first-order valence-electron chi connectivity index (χ1n) is 8.10. The molecule has 1 aromatic carbocycles. The Labute approximate surface area is 153 Å². The third-order valence-corrected chi connectivity index (χ3v) is 4.31. The van der Waals surface area contributed by atoms with Crippen LogP contribution in [-0.4, -0.2) is 21.9 Å². The highest BCUT2D eigenvalue weighted by Gasteiger charge is 2.38. The fraction of sp³-hybridized carbons (Fsp3) is 0.353. The molecule has 1 fully saturated rings. The molecular formula is C17H16ClF3N4O. The second-order valence-electron chi connectivity index (χ2n) is 6.04. The van der Waals surface area contributed by atoms with E-state index in [0.717, 1.165) is 31.9 Å². The molecule has 26 heavy (non-hydrogen) atoms. The van der Waals surface area contributed by atoms with Crippen molar-refractivity contribution in [2.75, 3.05) is 5.32 Å². The van der Waals surface area contributed by atoms with E-state index < -0.39 is 23.3 Å². The van der Waals surface area contributed by atoms with Crippen molar-refractivity contribution in [1.29, 1.82) is 0 Å². The fourth-order valence-electron chi connectivity index (χ4n) is 2.85. The monoisotopic (exact) mass is 384 g/mol. The predicted octanol–water partition coefficient (Wildman–Crippen LogP) is 4.56. The van der Waals surface area contributed by atoms with Crippen LogP contribution in [0.15, 0.2) is 30.5 Å². The lowest BCUT2D eigenvalue weighted by Gasteiger charge is -2.16. The van der Waals surface area contributed by atoms with Crippen LogP contribution < -0.4 is 10.6 Å². The van der Waals surface area contributed by atoms with Crippen LogP contribution in [0.1, 0.15) is 41.7 Å². The number of carbonyl (C=O) groups is 1. The number of hydrogen-bond acceptors (Lipinski definition) is 4. The summed E-state index contributed by atoms with van der Waals surface area (Å²) in [5.74, 6) is -1.07. The van der Waals surface area contributed by atoms with Crippen molar-refractivity contribution in [1.82, 2.24) is 15.3 Å². The van der Waals surface area contributed by atoms with Gasteiger partial charge in [0, 0.05) is 22.9 Å². The van der Waals surface area contributed by atoms with Crippen molar-refractivity contribution < 1.29 is 18.0 Å². The summed E-state index contributed by atoms with van der Waals surface area (Å²) >= 11 is 5.85. The summed E-state index contributed by atoms with van der Waals surface area (Å²) in [7, 11) is 0. The summed E-state index contributed by atoms with van der Waals surface area (Å²) in [5.41, 5.74) is -1.41. The van der Waals surface area contributed by atoms with Crippen molar-refractivity contribution in [3.05, 3.63) is 46.7 Å². The molecule has 2 aromatic rings. The normalized spacial score (nSPS) is 15.1. The Morgan fingerprint density at radius 3 is 2.62 bits per heavy atom. The lowest BCUT2D eigenvalue weighted by Crippen LogP contribution is -2.34. The van der Waals surface area contributed by atoms with Crippen molar-refractivity contribution >= 4 is 29.1 Å². The van der Waals surface area contributed by atoms with Crippen LogP contribution in [0.4, 0.5) is 24.8 Å². The first-order chi connectivity index (χ1) is 12.3. The molecule has 0 spiro atoms. The summed E-state index contributed by atoms with van der Waals surface area (Å²) in [6.45, 7) is 0. The zero-order valence-electron chi connectivity index (χ0n) is 13.6. The lowest BCUT2D eigenvalue weighted by molar-refractivity contribution is -0.141. The number of halogens is 4. The number of aromatic nitrogens is 2. The summed E-state index contributed by atoms with van der Waals surface area (Å²) in [5, 5.41) is 5.70. The van der Waals surface area contributed by atoms with Crippen LogP contribution in [0.3, 0.4) is 0 Å². The van der Waals surface area contributed by atoms with E-state index in [0.29, 0.717) is 10.7 Å². The number of benzene rings is 1. The van der Waals surface area contributed by atoms with Gasteiger partial charge in [-0.1, -0.05) is 30.5 Å². The third kappa shape index (κ3) is 4.43. The Kier molecular flexibility index (Phi) is 5.31. The van der Waals surface area contributed by atoms with Gasteiger partial charge in [-0.05, 0) is 31.0 Å². The highest BCUT2D eigenvalue weighted by Crippen LogP contribution is 2.31. The molecule has 0 saturated heterocycles. The van der Waals surface area contributed by atoms with Gasteiger partial charge >= 0.3 is 6.18 Å². The van der Waals surface area contributed by atoms with Crippen molar-refractivity contribution in [2.45, 2.75) is 37.9 Å². The molecular weight excluding hydrogens is 369 g/mol. The molecule has 5 nitrogen and oxygen atoms in total. The zero-order chi connectivity index (χ0) is 18.7. The van der Waals surface area contributed by atoms with E-state index in [1.807, 2.05) is 0 Å². The van der Waals surface area contributed by atoms with Gasteiger partial charge in [0.05, 0.1) is 5.56 Å². The van der Waals surface area contributed by atoms with Crippen LogP contribution in [0.2, 0.25) is 5.02 Å². The van der Waals surface area contributed by atoms with Gasteiger partial charge in [-0.3, -0.25) is 4.79 Å². The Balaban J connectivity index is 1.86. The molecule has 1 saturated carbocycles. The standard InChI is InChI=1S/C17H16ClF3N4O/c18-10-4-3-7-12(8-10)24-16-22-9-13(14(25-16)17(19,20)21)15(26)23-11-5-1-2-6-11/h3-4,7-9,11H,1-2,5-6H2,(H,23,26)(H,22,24,25). The number of amides is 1. The maximum atomic E-state index is 13.4. The lowest BCUT2D eigenvalue weighted by atomic mass is 10.1. The van der Waals surface area contributed by atoms with Gasteiger partial charge in [-0.2, -0.15) is 13.2 Å². The molecule has 1 amide bonds. The third-order valence-electron chi connectivity index (χ3n) is 4.07. The van der Waals surface area contributed by atoms with Gasteiger partial charge in [0.1, 0.15) is 0 Å². The number of anilines is 2. The number of alkyl halides is 3. The van der Waals surface area contributed by atoms with Gasteiger partial charge in [0.2, 0.25) is 5.95 Å². The molecule has 0 unspecified atom stereocenters. The number of carbonyl (C=O) groups excluding carboxylic acids is 1. The number of nitrogens with zero attached hydrogens (tertiary/aromatic N) is 2. The molecule has 0 radical (unpaired) electrons. The molecule has 1 heterocycles. The average molecular weight is 385 g/mol. The quantitative estimate of drug-likeness (QED) is 0.810. The minimum atomic E-state index is -4.78. The Hall–Kier alpha value is -2.35. The largest absolute Gasteiger partial charge is 0.434 e. The summed E-state index contributed by atoms with van der Waals surface area (Å²) in [6, 6.07) is 6.30. The first-order valence-corrected chi connectivity index (χ1v) is 8.48. The molecule has 1 aromatic heterocycles. The van der Waals surface area contributed by atoms with Crippen LogP contribution in [0.5, 0.6) is 0 Å². The topological polar surface area (TPSA) is 66.9 Å². The van der Waals surface area contributed by atoms with Crippen molar-refractivity contribution in [3.63, 3.8) is 0 Å². The average Bonchev–Trinajstić information content (AvgIpc) is 3.07. The summed E-state index contributed by atoms with van der Waals surface area (Å²) in [6.07, 6.45) is -0.445. The van der Waals surface area contributed by atoms with Gasteiger partial charge < -0.3 is 10.6 Å². The minimum absolute atomic E-state index is 0.104. The number of hydrogen-bond donors (Lipinski definition) is 2. The number of nitrogens with one attached hydrogen (secondary N) is 2. The van der Waals surface area contributed by atoms with Crippen LogP contribution in [0.25, 0.3) is 0 Å².